The lowest BCUT2D eigenvalue weighted by atomic mass is 10.1. The van der Waals surface area contributed by atoms with E-state index in [1.165, 1.54) is 29.7 Å². The number of rotatable bonds is 6. The van der Waals surface area contributed by atoms with E-state index in [-0.39, 0.29) is 23.7 Å². The van der Waals surface area contributed by atoms with Crippen LogP contribution in [0.15, 0.2) is 46.4 Å². The Morgan fingerprint density at radius 1 is 1.30 bits per heavy atom. The van der Waals surface area contributed by atoms with E-state index in [9.17, 15) is 18.4 Å². The van der Waals surface area contributed by atoms with E-state index in [0.717, 1.165) is 12.1 Å². The Morgan fingerprint density at radius 2 is 2.11 bits per heavy atom. The summed E-state index contributed by atoms with van der Waals surface area (Å²) in [6.07, 6.45) is 1.35. The van der Waals surface area contributed by atoms with Crippen LogP contribution in [0.3, 0.4) is 0 Å². The van der Waals surface area contributed by atoms with Crippen LogP contribution in [0.1, 0.15) is 34.8 Å². The first-order valence-electron chi connectivity index (χ1n) is 7.96. The van der Waals surface area contributed by atoms with Crippen molar-refractivity contribution in [2.24, 2.45) is 0 Å². The molecule has 1 atom stereocenters. The van der Waals surface area contributed by atoms with E-state index in [2.05, 4.69) is 15.6 Å². The molecule has 2 amide bonds. The van der Waals surface area contributed by atoms with E-state index < -0.39 is 23.6 Å². The zero-order valence-corrected chi connectivity index (χ0v) is 15.0. The Balaban J connectivity index is 1.56. The number of nitrogens with one attached hydrogen (secondary N) is 2. The number of furan rings is 1. The van der Waals surface area contributed by atoms with Gasteiger partial charge in [0.25, 0.3) is 5.91 Å². The van der Waals surface area contributed by atoms with Gasteiger partial charge in [0, 0.05) is 17.0 Å². The van der Waals surface area contributed by atoms with Crippen LogP contribution in [0, 0.1) is 11.6 Å². The first-order chi connectivity index (χ1) is 12.9. The van der Waals surface area contributed by atoms with E-state index in [0.29, 0.717) is 10.8 Å². The third-order valence-corrected chi connectivity index (χ3v) is 4.47. The highest BCUT2D eigenvalue weighted by Crippen LogP contribution is 2.19. The van der Waals surface area contributed by atoms with Crippen molar-refractivity contribution in [2.75, 3.05) is 5.32 Å². The molecule has 0 spiro atoms. The molecule has 2 aromatic heterocycles. The maximum Gasteiger partial charge on any atom is 0.293 e. The second-order valence-electron chi connectivity index (χ2n) is 5.71. The summed E-state index contributed by atoms with van der Waals surface area (Å²) in [5.74, 6) is -2.06. The molecule has 27 heavy (non-hydrogen) atoms. The average molecular weight is 391 g/mol. The van der Waals surface area contributed by atoms with Crippen LogP contribution in [0.4, 0.5) is 13.9 Å². The lowest BCUT2D eigenvalue weighted by molar-refractivity contribution is -0.121. The van der Waals surface area contributed by atoms with Crippen molar-refractivity contribution < 1.29 is 22.8 Å². The molecule has 2 N–H and O–H groups in total. The first-order valence-corrected chi connectivity index (χ1v) is 8.84. The lowest BCUT2D eigenvalue weighted by Crippen LogP contribution is -2.28. The largest absolute Gasteiger partial charge is 0.459 e. The van der Waals surface area contributed by atoms with E-state index in [1.54, 1.807) is 18.4 Å². The van der Waals surface area contributed by atoms with Crippen LogP contribution >= 0.6 is 11.3 Å². The Morgan fingerprint density at radius 3 is 2.81 bits per heavy atom. The number of hydrogen-bond donors (Lipinski definition) is 2. The molecule has 3 aromatic rings. The molecule has 0 radical (unpaired) electrons. The van der Waals surface area contributed by atoms with Crippen molar-refractivity contribution in [3.8, 4) is 0 Å². The topological polar surface area (TPSA) is 84.2 Å². The second kappa shape index (κ2) is 8.09. The van der Waals surface area contributed by atoms with Gasteiger partial charge in [0.2, 0.25) is 5.91 Å². The zero-order chi connectivity index (χ0) is 19.4. The Bertz CT molecular complexity index is 957. The molecule has 0 fully saturated rings. The van der Waals surface area contributed by atoms with E-state index in [1.807, 2.05) is 0 Å². The third-order valence-electron chi connectivity index (χ3n) is 3.67. The van der Waals surface area contributed by atoms with Gasteiger partial charge in [-0.1, -0.05) is 6.07 Å². The summed E-state index contributed by atoms with van der Waals surface area (Å²) >= 11 is 1.17. The van der Waals surface area contributed by atoms with Gasteiger partial charge in [-0.3, -0.25) is 14.9 Å². The molecule has 0 saturated carbocycles. The number of amides is 2. The number of hydrogen-bond acceptors (Lipinski definition) is 5. The van der Waals surface area contributed by atoms with Crippen LogP contribution in [0.5, 0.6) is 0 Å². The van der Waals surface area contributed by atoms with Crippen molar-refractivity contribution in [3.05, 3.63) is 70.6 Å². The quantitative estimate of drug-likeness (QED) is 0.671. The van der Waals surface area contributed by atoms with Crippen molar-refractivity contribution in [1.29, 1.82) is 0 Å². The lowest BCUT2D eigenvalue weighted by Gasteiger charge is -2.14. The molecule has 9 heteroatoms. The van der Waals surface area contributed by atoms with Gasteiger partial charge < -0.3 is 9.73 Å². The normalized spacial score (nSPS) is 11.8. The summed E-state index contributed by atoms with van der Waals surface area (Å²) in [4.78, 5) is 28.2. The Kier molecular flexibility index (Phi) is 5.60. The van der Waals surface area contributed by atoms with Crippen molar-refractivity contribution in [1.82, 2.24) is 10.3 Å². The van der Waals surface area contributed by atoms with Crippen LogP contribution < -0.4 is 10.6 Å². The monoisotopic (exact) mass is 391 g/mol. The molecular weight excluding hydrogens is 376 g/mol. The molecule has 0 saturated heterocycles. The highest BCUT2D eigenvalue weighted by atomic mass is 32.1. The predicted molar refractivity (Wildman–Crippen MR) is 95.4 cm³/mol. The fourth-order valence-corrected chi connectivity index (χ4v) is 3.10. The highest BCUT2D eigenvalue weighted by Gasteiger charge is 2.16. The Labute approximate surface area is 157 Å². The summed E-state index contributed by atoms with van der Waals surface area (Å²) in [5, 5.41) is 7.18. The maximum absolute atomic E-state index is 13.8. The van der Waals surface area contributed by atoms with Gasteiger partial charge in [-0.05, 0) is 25.1 Å². The predicted octanol–water partition coefficient (Wildman–Crippen LogP) is 3.69. The van der Waals surface area contributed by atoms with Gasteiger partial charge in [-0.25, -0.2) is 13.8 Å². The van der Waals surface area contributed by atoms with Crippen molar-refractivity contribution in [2.45, 2.75) is 19.4 Å². The highest BCUT2D eigenvalue weighted by molar-refractivity contribution is 7.14. The first kappa shape index (κ1) is 18.7. The minimum absolute atomic E-state index is 0.0414. The molecule has 0 unspecified atom stereocenters. The smallest absolute Gasteiger partial charge is 0.293 e. The Hall–Kier alpha value is -3.07. The molecule has 0 bridgehead atoms. The summed E-state index contributed by atoms with van der Waals surface area (Å²) in [6.45, 7) is 1.60. The number of thiazole rings is 1. The molecule has 0 aliphatic rings. The van der Waals surface area contributed by atoms with Crippen LogP contribution in [0.2, 0.25) is 0 Å². The standard InChI is InChI=1S/C18H15F2N3O3S/c1-10(13-5-4-11(19)7-14(13)20)21-16(24)8-12-9-27-18(22-12)23-17(25)15-3-2-6-26-15/h2-7,9-10H,8H2,1H3,(H,21,24)(H,22,23,25)/t10-/m1/s1. The number of anilines is 1. The van der Waals surface area contributed by atoms with Gasteiger partial charge in [-0.15, -0.1) is 11.3 Å². The number of carbonyl (C=O) groups excluding carboxylic acids is 2. The molecule has 0 aliphatic carbocycles. The van der Waals surface area contributed by atoms with Crippen LogP contribution in [-0.2, 0) is 11.2 Å². The number of benzene rings is 1. The van der Waals surface area contributed by atoms with Gasteiger partial charge >= 0.3 is 0 Å². The second-order valence-corrected chi connectivity index (χ2v) is 6.57. The number of halogens is 2. The molecular formula is C18H15F2N3O3S. The molecule has 6 nitrogen and oxygen atoms in total. The fourth-order valence-electron chi connectivity index (χ4n) is 2.40. The summed E-state index contributed by atoms with van der Waals surface area (Å²) < 4.78 is 31.7. The summed E-state index contributed by atoms with van der Waals surface area (Å²) in [5.41, 5.74) is 0.647. The molecule has 1 aromatic carbocycles. The van der Waals surface area contributed by atoms with Crippen LogP contribution in [0.25, 0.3) is 0 Å². The molecule has 0 aliphatic heterocycles. The maximum atomic E-state index is 13.8. The molecule has 3 rings (SSSR count). The zero-order valence-electron chi connectivity index (χ0n) is 14.2. The summed E-state index contributed by atoms with van der Waals surface area (Å²) in [6, 6.07) is 5.68. The third kappa shape index (κ3) is 4.76. The van der Waals surface area contributed by atoms with Gasteiger partial charge in [0.15, 0.2) is 10.9 Å². The fraction of sp³-hybridized carbons (Fsp3) is 0.167. The number of carbonyl (C=O) groups is 2. The van der Waals surface area contributed by atoms with Crippen LogP contribution in [-0.4, -0.2) is 16.8 Å². The molecule has 140 valence electrons. The van der Waals surface area contributed by atoms with E-state index in [4.69, 9.17) is 4.42 Å². The SMILES string of the molecule is C[C@@H](NC(=O)Cc1csc(NC(=O)c2ccco2)n1)c1ccc(F)cc1F. The van der Waals surface area contributed by atoms with Crippen molar-refractivity contribution >= 4 is 28.3 Å². The molecule has 2 heterocycles. The van der Waals surface area contributed by atoms with Gasteiger partial charge in [-0.2, -0.15) is 0 Å². The average Bonchev–Trinajstić information content (AvgIpc) is 3.26. The number of nitrogens with zero attached hydrogens (tertiary/aromatic N) is 1. The van der Waals surface area contributed by atoms with Gasteiger partial charge in [0.05, 0.1) is 24.4 Å². The minimum atomic E-state index is -0.723. The van der Waals surface area contributed by atoms with Gasteiger partial charge in [0.1, 0.15) is 11.6 Å². The number of aromatic nitrogens is 1. The summed E-state index contributed by atoms with van der Waals surface area (Å²) in [7, 11) is 0. The minimum Gasteiger partial charge on any atom is -0.459 e. The van der Waals surface area contributed by atoms with E-state index >= 15 is 0 Å². The van der Waals surface area contributed by atoms with Crippen molar-refractivity contribution in [3.63, 3.8) is 0 Å².